The summed E-state index contributed by atoms with van der Waals surface area (Å²) in [4.78, 5) is 0. The summed E-state index contributed by atoms with van der Waals surface area (Å²) in [6.07, 6.45) is 2.33. The molecule has 1 N–H and O–H groups in total. The van der Waals surface area contributed by atoms with Crippen LogP contribution >= 0.6 is 11.6 Å². The fraction of sp³-hybridized carbons (Fsp3) is 0.571. The zero-order valence-corrected chi connectivity index (χ0v) is 11.4. The van der Waals surface area contributed by atoms with Crippen LogP contribution in [-0.4, -0.2) is 19.2 Å². The maximum atomic E-state index is 6.19. The van der Waals surface area contributed by atoms with Crippen molar-refractivity contribution in [3.05, 3.63) is 28.8 Å². The molecule has 1 fully saturated rings. The Bertz CT molecular complexity index is 394. The molecule has 3 unspecified atom stereocenters. The molecule has 0 spiro atoms. The van der Waals surface area contributed by atoms with E-state index < -0.39 is 0 Å². The van der Waals surface area contributed by atoms with Crippen molar-refractivity contribution in [2.75, 3.05) is 7.11 Å². The lowest BCUT2D eigenvalue weighted by molar-refractivity contribution is 0.414. The number of hydrogen-bond acceptors (Lipinski definition) is 2. The van der Waals surface area contributed by atoms with Gasteiger partial charge in [0, 0.05) is 18.0 Å². The van der Waals surface area contributed by atoms with Gasteiger partial charge >= 0.3 is 0 Å². The van der Waals surface area contributed by atoms with Crippen LogP contribution in [0.5, 0.6) is 5.75 Å². The van der Waals surface area contributed by atoms with Gasteiger partial charge in [0.15, 0.2) is 0 Å². The summed E-state index contributed by atoms with van der Waals surface area (Å²) in [6, 6.07) is 7.30. The molecule has 2 rings (SSSR count). The molecule has 0 amide bonds. The number of methoxy groups -OCH3 is 1. The van der Waals surface area contributed by atoms with Crippen LogP contribution in [0.2, 0.25) is 5.02 Å². The van der Waals surface area contributed by atoms with Gasteiger partial charge in [-0.1, -0.05) is 24.6 Å². The highest BCUT2D eigenvalue weighted by molar-refractivity contribution is 6.32. The lowest BCUT2D eigenvalue weighted by Gasteiger charge is -2.19. The van der Waals surface area contributed by atoms with Crippen LogP contribution in [0.3, 0.4) is 0 Å². The van der Waals surface area contributed by atoms with E-state index in [9.17, 15) is 0 Å². The van der Waals surface area contributed by atoms with E-state index in [-0.39, 0.29) is 0 Å². The number of rotatable bonds is 3. The van der Waals surface area contributed by atoms with Crippen molar-refractivity contribution < 1.29 is 4.74 Å². The molecule has 0 aliphatic carbocycles. The predicted octanol–water partition coefficient (Wildman–Crippen LogP) is 3.59. The summed E-state index contributed by atoms with van der Waals surface area (Å²) in [5.74, 6) is 1.32. The third kappa shape index (κ3) is 2.58. The van der Waals surface area contributed by atoms with Gasteiger partial charge in [-0.25, -0.2) is 0 Å². The minimum absolute atomic E-state index is 0.564. The van der Waals surface area contributed by atoms with E-state index in [1.807, 2.05) is 12.1 Å². The van der Waals surface area contributed by atoms with Crippen molar-refractivity contribution in [2.45, 2.75) is 44.7 Å². The van der Waals surface area contributed by atoms with Crippen molar-refractivity contribution in [3.63, 3.8) is 0 Å². The Kier molecular flexibility index (Phi) is 3.95. The molecule has 94 valence electrons. The van der Waals surface area contributed by atoms with Gasteiger partial charge in [0.2, 0.25) is 0 Å². The van der Waals surface area contributed by atoms with Gasteiger partial charge in [-0.15, -0.1) is 0 Å². The second-order valence-electron chi connectivity index (χ2n) is 4.82. The minimum Gasteiger partial charge on any atom is -0.495 e. The predicted molar refractivity (Wildman–Crippen MR) is 72.0 cm³/mol. The normalized spacial score (nSPS) is 28.4. The number of hydrogen-bond donors (Lipinski definition) is 1. The van der Waals surface area contributed by atoms with Crippen LogP contribution in [0.1, 0.15) is 38.2 Å². The largest absolute Gasteiger partial charge is 0.495 e. The molecule has 1 saturated heterocycles. The molecule has 3 heteroatoms. The van der Waals surface area contributed by atoms with E-state index in [1.54, 1.807) is 7.11 Å². The molecule has 1 aromatic rings. The van der Waals surface area contributed by atoms with E-state index in [2.05, 4.69) is 25.2 Å². The van der Waals surface area contributed by atoms with Crippen LogP contribution in [-0.2, 0) is 0 Å². The zero-order chi connectivity index (χ0) is 12.4. The van der Waals surface area contributed by atoms with Crippen molar-refractivity contribution in [2.24, 2.45) is 0 Å². The van der Waals surface area contributed by atoms with Gasteiger partial charge in [-0.05, 0) is 37.5 Å². The zero-order valence-electron chi connectivity index (χ0n) is 10.7. The summed E-state index contributed by atoms with van der Waals surface area (Å²) in [7, 11) is 1.65. The summed E-state index contributed by atoms with van der Waals surface area (Å²) < 4.78 is 5.19. The monoisotopic (exact) mass is 253 g/mol. The van der Waals surface area contributed by atoms with Gasteiger partial charge in [0.05, 0.1) is 12.1 Å². The Morgan fingerprint density at radius 3 is 2.82 bits per heavy atom. The molecular formula is C14H20ClNO. The summed E-state index contributed by atoms with van der Waals surface area (Å²) in [5, 5.41) is 4.33. The van der Waals surface area contributed by atoms with Gasteiger partial charge < -0.3 is 10.1 Å². The highest BCUT2D eigenvalue weighted by atomic mass is 35.5. The van der Waals surface area contributed by atoms with E-state index in [4.69, 9.17) is 16.3 Å². The third-order valence-corrected chi connectivity index (χ3v) is 3.93. The highest BCUT2D eigenvalue weighted by Crippen LogP contribution is 2.35. The Labute approximate surface area is 108 Å². The molecule has 0 saturated carbocycles. The Hall–Kier alpha value is -0.730. The number of halogens is 1. The van der Waals surface area contributed by atoms with Gasteiger partial charge in [0.1, 0.15) is 5.75 Å². The van der Waals surface area contributed by atoms with Crippen molar-refractivity contribution >= 4 is 11.6 Å². The lowest BCUT2D eigenvalue weighted by atomic mass is 9.90. The van der Waals surface area contributed by atoms with Gasteiger partial charge in [0.25, 0.3) is 0 Å². The fourth-order valence-corrected chi connectivity index (χ4v) is 3.04. The average Bonchev–Trinajstić information content (AvgIpc) is 2.70. The molecule has 1 heterocycles. The molecule has 0 radical (unpaired) electrons. The topological polar surface area (TPSA) is 21.3 Å². The Morgan fingerprint density at radius 1 is 1.47 bits per heavy atom. The van der Waals surface area contributed by atoms with E-state index in [0.717, 1.165) is 12.2 Å². The Morgan fingerprint density at radius 2 is 2.24 bits per heavy atom. The standard InChI is InChI=1S/C14H20ClNO/c1-4-13-11(7-9(2)16-13)10-5-6-14(17-3)12(15)8-10/h5-6,8-9,11,13,16H,4,7H2,1-3H3. The minimum atomic E-state index is 0.564. The molecule has 0 bridgehead atoms. The lowest BCUT2D eigenvalue weighted by Crippen LogP contribution is -2.28. The average molecular weight is 254 g/mol. The first-order valence-corrected chi connectivity index (χ1v) is 6.63. The summed E-state index contributed by atoms with van der Waals surface area (Å²) in [5.41, 5.74) is 1.32. The van der Waals surface area contributed by atoms with Gasteiger partial charge in [-0.3, -0.25) is 0 Å². The van der Waals surface area contributed by atoms with Crippen molar-refractivity contribution in [1.29, 1.82) is 0 Å². The first-order chi connectivity index (χ1) is 8.15. The van der Waals surface area contributed by atoms with Crippen LogP contribution in [0.15, 0.2) is 18.2 Å². The molecule has 0 aromatic heterocycles. The highest BCUT2D eigenvalue weighted by Gasteiger charge is 2.31. The maximum absolute atomic E-state index is 6.19. The first kappa shape index (κ1) is 12.7. The number of benzene rings is 1. The quantitative estimate of drug-likeness (QED) is 0.889. The molecule has 17 heavy (non-hydrogen) atoms. The molecule has 2 nitrogen and oxygen atoms in total. The molecule has 3 atom stereocenters. The van der Waals surface area contributed by atoms with Crippen LogP contribution < -0.4 is 10.1 Å². The SMILES string of the molecule is CCC1NC(C)CC1c1ccc(OC)c(Cl)c1. The molecule has 1 aliphatic rings. The number of ether oxygens (including phenoxy) is 1. The molecule has 1 aromatic carbocycles. The van der Waals surface area contributed by atoms with E-state index in [0.29, 0.717) is 23.0 Å². The van der Waals surface area contributed by atoms with Crippen molar-refractivity contribution in [3.8, 4) is 5.75 Å². The smallest absolute Gasteiger partial charge is 0.137 e. The van der Waals surface area contributed by atoms with Crippen LogP contribution in [0.25, 0.3) is 0 Å². The van der Waals surface area contributed by atoms with Crippen LogP contribution in [0, 0.1) is 0 Å². The second kappa shape index (κ2) is 5.28. The van der Waals surface area contributed by atoms with E-state index in [1.165, 1.54) is 12.0 Å². The second-order valence-corrected chi connectivity index (χ2v) is 5.23. The summed E-state index contributed by atoms with van der Waals surface area (Å²) in [6.45, 7) is 4.47. The first-order valence-electron chi connectivity index (χ1n) is 6.25. The third-order valence-electron chi connectivity index (χ3n) is 3.64. The summed E-state index contributed by atoms with van der Waals surface area (Å²) >= 11 is 6.19. The van der Waals surface area contributed by atoms with E-state index >= 15 is 0 Å². The van der Waals surface area contributed by atoms with Crippen LogP contribution in [0.4, 0.5) is 0 Å². The fourth-order valence-electron chi connectivity index (χ4n) is 2.78. The maximum Gasteiger partial charge on any atom is 0.137 e. The van der Waals surface area contributed by atoms with Crippen molar-refractivity contribution in [1.82, 2.24) is 5.32 Å². The molecular weight excluding hydrogens is 234 g/mol. The van der Waals surface area contributed by atoms with Gasteiger partial charge in [-0.2, -0.15) is 0 Å². The Balaban J connectivity index is 2.24. The molecule has 1 aliphatic heterocycles. The number of nitrogens with one attached hydrogen (secondary N) is 1.